The van der Waals surface area contributed by atoms with Gasteiger partial charge in [0.15, 0.2) is 0 Å². The van der Waals surface area contributed by atoms with Crippen molar-refractivity contribution >= 4 is 33.4 Å². The first-order valence-electron chi connectivity index (χ1n) is 11.1. The van der Waals surface area contributed by atoms with Gasteiger partial charge in [-0.3, -0.25) is 9.59 Å². The molecule has 1 amide bonds. The SMILES string of the molecule is CCc1ccc(N(CC)C(=O)Cn2nc(-c3ccc(S(N)=O)cc3)c3ccccc3c2=O)cc1. The second-order valence-corrected chi connectivity index (χ2v) is 8.90. The summed E-state index contributed by atoms with van der Waals surface area (Å²) in [6.45, 7) is 4.26. The van der Waals surface area contributed by atoms with Gasteiger partial charge in [-0.1, -0.05) is 49.4 Å². The van der Waals surface area contributed by atoms with E-state index >= 15 is 0 Å². The van der Waals surface area contributed by atoms with Crippen LogP contribution in [0.15, 0.2) is 82.5 Å². The second kappa shape index (κ2) is 10.1. The highest BCUT2D eigenvalue weighted by Crippen LogP contribution is 2.25. The second-order valence-electron chi connectivity index (χ2n) is 7.84. The van der Waals surface area contributed by atoms with Crippen LogP contribution in [-0.4, -0.2) is 26.4 Å². The van der Waals surface area contributed by atoms with Gasteiger partial charge in [-0.15, -0.1) is 0 Å². The third-order valence-corrected chi connectivity index (χ3v) is 6.52. The standard InChI is InChI=1S/C26H26N4O3S/c1-3-18-9-13-20(14-10-18)29(4-2)24(31)17-30-26(32)23-8-6-5-7-22(23)25(28-30)19-11-15-21(16-12-19)34(27)33/h5-16H,3-4,17,27H2,1-2H3. The smallest absolute Gasteiger partial charge is 0.275 e. The van der Waals surface area contributed by atoms with Gasteiger partial charge in [-0.05, 0) is 49.2 Å². The zero-order chi connectivity index (χ0) is 24.2. The van der Waals surface area contributed by atoms with Gasteiger partial charge in [-0.2, -0.15) is 5.10 Å². The molecule has 3 aromatic carbocycles. The quantitative estimate of drug-likeness (QED) is 0.442. The summed E-state index contributed by atoms with van der Waals surface area (Å²) in [5.74, 6) is -0.226. The predicted molar refractivity (Wildman–Crippen MR) is 136 cm³/mol. The van der Waals surface area contributed by atoms with Crippen LogP contribution in [0, 0.1) is 0 Å². The number of hydrogen-bond acceptors (Lipinski definition) is 4. The minimum absolute atomic E-state index is 0.190. The molecule has 0 spiro atoms. The minimum Gasteiger partial charge on any atom is -0.311 e. The van der Waals surface area contributed by atoms with Gasteiger partial charge in [0, 0.05) is 23.2 Å². The molecule has 2 N–H and O–H groups in total. The van der Waals surface area contributed by atoms with Crippen LogP contribution >= 0.6 is 0 Å². The summed E-state index contributed by atoms with van der Waals surface area (Å²) in [7, 11) is -1.59. The molecule has 1 heterocycles. The van der Waals surface area contributed by atoms with Crippen molar-refractivity contribution in [2.24, 2.45) is 5.14 Å². The molecule has 174 valence electrons. The Kier molecular flexibility index (Phi) is 7.00. The number of carbonyl (C=O) groups is 1. The number of aryl methyl sites for hydroxylation is 1. The lowest BCUT2D eigenvalue weighted by Crippen LogP contribution is -2.37. The first-order valence-corrected chi connectivity index (χ1v) is 12.3. The molecule has 7 nitrogen and oxygen atoms in total. The average molecular weight is 475 g/mol. The molecule has 1 aromatic heterocycles. The Hall–Kier alpha value is -3.62. The summed E-state index contributed by atoms with van der Waals surface area (Å²) < 4.78 is 12.8. The first-order chi connectivity index (χ1) is 16.4. The third-order valence-electron chi connectivity index (χ3n) is 5.79. The molecule has 0 aliphatic rings. The molecule has 0 bridgehead atoms. The summed E-state index contributed by atoms with van der Waals surface area (Å²) in [6.07, 6.45) is 0.918. The number of carbonyl (C=O) groups excluding carboxylic acids is 1. The van der Waals surface area contributed by atoms with E-state index in [1.54, 1.807) is 41.3 Å². The van der Waals surface area contributed by atoms with Crippen molar-refractivity contribution in [2.75, 3.05) is 11.4 Å². The van der Waals surface area contributed by atoms with Crippen LogP contribution < -0.4 is 15.6 Å². The summed E-state index contributed by atoms with van der Waals surface area (Å²) in [6, 6.07) is 21.9. The molecule has 0 saturated carbocycles. The van der Waals surface area contributed by atoms with Crippen LogP contribution in [0.25, 0.3) is 22.0 Å². The number of amides is 1. The van der Waals surface area contributed by atoms with Crippen molar-refractivity contribution in [2.45, 2.75) is 31.7 Å². The van der Waals surface area contributed by atoms with E-state index in [-0.39, 0.29) is 18.0 Å². The van der Waals surface area contributed by atoms with E-state index < -0.39 is 11.0 Å². The van der Waals surface area contributed by atoms with E-state index in [0.29, 0.717) is 27.9 Å². The van der Waals surface area contributed by atoms with E-state index in [1.165, 1.54) is 10.2 Å². The van der Waals surface area contributed by atoms with Gasteiger partial charge in [0.25, 0.3) is 5.56 Å². The molecule has 1 unspecified atom stereocenters. The van der Waals surface area contributed by atoms with Gasteiger partial charge < -0.3 is 4.90 Å². The maximum atomic E-state index is 13.2. The fraction of sp³-hybridized carbons (Fsp3) is 0.192. The molecule has 34 heavy (non-hydrogen) atoms. The summed E-state index contributed by atoms with van der Waals surface area (Å²) in [5.41, 5.74) is 2.93. The maximum absolute atomic E-state index is 13.2. The van der Waals surface area contributed by atoms with Gasteiger partial charge >= 0.3 is 0 Å². The summed E-state index contributed by atoms with van der Waals surface area (Å²) >= 11 is 0. The fourth-order valence-corrected chi connectivity index (χ4v) is 4.33. The van der Waals surface area contributed by atoms with Gasteiger partial charge in [0.05, 0.1) is 16.0 Å². The zero-order valence-electron chi connectivity index (χ0n) is 19.1. The zero-order valence-corrected chi connectivity index (χ0v) is 19.9. The number of nitrogens with two attached hydrogens (primary N) is 1. The van der Waals surface area contributed by atoms with E-state index in [0.717, 1.165) is 17.7 Å². The molecular weight excluding hydrogens is 448 g/mol. The summed E-state index contributed by atoms with van der Waals surface area (Å²) in [5, 5.41) is 11.2. The van der Waals surface area contributed by atoms with Crippen molar-refractivity contribution in [3.8, 4) is 11.3 Å². The number of aromatic nitrogens is 2. The van der Waals surface area contributed by atoms with E-state index in [4.69, 9.17) is 5.14 Å². The van der Waals surface area contributed by atoms with Crippen LogP contribution in [0.5, 0.6) is 0 Å². The number of rotatable bonds is 7. The number of anilines is 1. The number of fused-ring (bicyclic) bond motifs is 1. The van der Waals surface area contributed by atoms with E-state index in [9.17, 15) is 13.8 Å². The molecule has 0 radical (unpaired) electrons. The summed E-state index contributed by atoms with van der Waals surface area (Å²) in [4.78, 5) is 28.6. The molecule has 4 aromatic rings. The van der Waals surface area contributed by atoms with Gasteiger partial charge in [-0.25, -0.2) is 14.0 Å². The van der Waals surface area contributed by atoms with Crippen molar-refractivity contribution in [3.63, 3.8) is 0 Å². The van der Waals surface area contributed by atoms with Crippen molar-refractivity contribution in [1.82, 2.24) is 9.78 Å². The Balaban J connectivity index is 1.75. The fourth-order valence-electron chi connectivity index (χ4n) is 3.93. The molecule has 1 atom stereocenters. The number of nitrogens with zero attached hydrogens (tertiary/aromatic N) is 3. The molecule has 0 saturated heterocycles. The minimum atomic E-state index is -1.59. The highest BCUT2D eigenvalue weighted by molar-refractivity contribution is 7.82. The topological polar surface area (TPSA) is 98.3 Å². The van der Waals surface area contributed by atoms with Crippen molar-refractivity contribution in [1.29, 1.82) is 0 Å². The first kappa shape index (κ1) is 23.5. The van der Waals surface area contributed by atoms with Crippen LogP contribution in [0.3, 0.4) is 0 Å². The maximum Gasteiger partial charge on any atom is 0.275 e. The van der Waals surface area contributed by atoms with E-state index in [2.05, 4.69) is 12.0 Å². The predicted octanol–water partition coefficient (Wildman–Crippen LogP) is 3.66. The van der Waals surface area contributed by atoms with Crippen LogP contribution in [0.1, 0.15) is 19.4 Å². The lowest BCUT2D eigenvalue weighted by Gasteiger charge is -2.22. The molecule has 8 heteroatoms. The highest BCUT2D eigenvalue weighted by Gasteiger charge is 2.19. The van der Waals surface area contributed by atoms with Crippen LogP contribution in [0.2, 0.25) is 0 Å². The molecule has 0 aliphatic carbocycles. The van der Waals surface area contributed by atoms with Gasteiger partial charge in [0.1, 0.15) is 17.5 Å². The Labute approximate surface area is 200 Å². The van der Waals surface area contributed by atoms with Crippen molar-refractivity contribution in [3.05, 3.63) is 88.7 Å². The van der Waals surface area contributed by atoms with Gasteiger partial charge in [0.2, 0.25) is 5.91 Å². The lowest BCUT2D eigenvalue weighted by molar-refractivity contribution is -0.119. The van der Waals surface area contributed by atoms with Crippen molar-refractivity contribution < 1.29 is 9.00 Å². The Bertz CT molecular complexity index is 1410. The highest BCUT2D eigenvalue weighted by atomic mass is 32.2. The molecular formula is C26H26N4O3S. The number of benzene rings is 3. The third kappa shape index (κ3) is 4.69. The Morgan fingerprint density at radius 2 is 1.62 bits per heavy atom. The normalized spacial score (nSPS) is 12.0. The lowest BCUT2D eigenvalue weighted by atomic mass is 10.1. The monoisotopic (exact) mass is 474 g/mol. The molecule has 4 rings (SSSR count). The average Bonchev–Trinajstić information content (AvgIpc) is 2.86. The molecule has 0 aliphatic heterocycles. The Morgan fingerprint density at radius 1 is 0.971 bits per heavy atom. The van der Waals surface area contributed by atoms with Crippen LogP contribution in [0.4, 0.5) is 5.69 Å². The number of hydrogen-bond donors (Lipinski definition) is 1. The largest absolute Gasteiger partial charge is 0.311 e. The van der Waals surface area contributed by atoms with Crippen LogP contribution in [-0.2, 0) is 28.7 Å². The Morgan fingerprint density at radius 3 is 2.21 bits per heavy atom. The number of likely N-dealkylation sites (N-methyl/N-ethyl adjacent to an activating group) is 1. The van der Waals surface area contributed by atoms with E-state index in [1.807, 2.05) is 43.3 Å². The molecule has 0 fully saturated rings.